The van der Waals surface area contributed by atoms with Crippen molar-refractivity contribution in [1.82, 2.24) is 24.7 Å². The van der Waals surface area contributed by atoms with Gasteiger partial charge in [-0.2, -0.15) is 13.2 Å². The molecule has 184 valence electrons. The number of ether oxygens (including phenoxy) is 1. The van der Waals surface area contributed by atoms with Gasteiger partial charge in [0.15, 0.2) is 0 Å². The van der Waals surface area contributed by atoms with Crippen molar-refractivity contribution >= 4 is 0 Å². The van der Waals surface area contributed by atoms with E-state index in [0.29, 0.717) is 17.1 Å². The van der Waals surface area contributed by atoms with E-state index in [1.54, 1.807) is 32.0 Å². The minimum absolute atomic E-state index is 0. The minimum Gasteiger partial charge on any atom is -0.497 e. The first kappa shape index (κ1) is 26.4. The summed E-state index contributed by atoms with van der Waals surface area (Å²) in [5.41, 5.74) is -1.20. The van der Waals surface area contributed by atoms with Crippen molar-refractivity contribution in [3.63, 3.8) is 0 Å². The minimum atomic E-state index is -4.61. The normalized spacial score (nSPS) is 11.8. The number of hydrogen-bond donors (Lipinski definition) is 0. The monoisotopic (exact) mass is 668 g/mol. The van der Waals surface area contributed by atoms with Crippen LogP contribution in [0, 0.1) is 24.2 Å². The van der Waals surface area contributed by atoms with Crippen LogP contribution in [0.1, 0.15) is 30.9 Å². The molecule has 0 fully saturated rings. The first-order valence-corrected chi connectivity index (χ1v) is 9.82. The molecule has 0 spiro atoms. The van der Waals surface area contributed by atoms with Crippen LogP contribution in [0.4, 0.5) is 22.0 Å². The Morgan fingerprint density at radius 2 is 1.69 bits per heavy atom. The average molecular weight is 668 g/mol. The summed E-state index contributed by atoms with van der Waals surface area (Å²) in [6, 6.07) is 12.0. The molecule has 4 aromatic heterocycles. The molecule has 0 saturated heterocycles. The molecule has 0 unspecified atom stereocenters. The molecule has 0 aliphatic rings. The van der Waals surface area contributed by atoms with Crippen molar-refractivity contribution < 1.29 is 47.8 Å². The molecule has 0 atom stereocenters. The van der Waals surface area contributed by atoms with Gasteiger partial charge in [0.05, 0.1) is 18.6 Å². The summed E-state index contributed by atoms with van der Waals surface area (Å²) >= 11 is 0. The Hall–Kier alpha value is -3.20. The third-order valence-electron chi connectivity index (χ3n) is 5.09. The number of aromatic nitrogens is 5. The van der Waals surface area contributed by atoms with Gasteiger partial charge in [0.2, 0.25) is 0 Å². The van der Waals surface area contributed by atoms with Gasteiger partial charge < -0.3 is 9.42 Å². The molecule has 0 N–H and O–H groups in total. The SMILES string of the molecule is COc1cc(-c2[c-]cc(F)nc2F)nc(C(C)(C)c2cccc(-n3[c-]cc(C(F)(F)F)n3)n2)c1.[Pt+2]. The Labute approximate surface area is 211 Å². The number of halogens is 5. The molecule has 0 aliphatic heterocycles. The molecular formula is C23H16F5N5OPt. The van der Waals surface area contributed by atoms with E-state index in [2.05, 4.69) is 32.3 Å². The van der Waals surface area contributed by atoms with Gasteiger partial charge in [0.1, 0.15) is 17.6 Å². The van der Waals surface area contributed by atoms with Gasteiger partial charge in [0.25, 0.3) is 0 Å². The van der Waals surface area contributed by atoms with Crippen molar-refractivity contribution in [3.05, 3.63) is 83.7 Å². The second-order valence-corrected chi connectivity index (χ2v) is 7.74. The summed E-state index contributed by atoms with van der Waals surface area (Å²) in [7, 11) is 1.42. The Kier molecular flexibility index (Phi) is 7.40. The van der Waals surface area contributed by atoms with Crippen molar-refractivity contribution in [2.75, 3.05) is 7.11 Å². The predicted molar refractivity (Wildman–Crippen MR) is 110 cm³/mol. The molecule has 4 aromatic rings. The van der Waals surface area contributed by atoms with Gasteiger partial charge in [-0.3, -0.25) is 20.1 Å². The maximum atomic E-state index is 14.3. The summed E-state index contributed by atoms with van der Waals surface area (Å²) in [6.45, 7) is 3.56. The number of nitrogens with zero attached hydrogens (tertiary/aromatic N) is 5. The van der Waals surface area contributed by atoms with Gasteiger partial charge in [-0.15, -0.1) is 12.1 Å². The van der Waals surface area contributed by atoms with E-state index in [1.807, 2.05) is 0 Å². The molecule has 0 radical (unpaired) electrons. The Balaban J connectivity index is 0.00000342. The zero-order valence-electron chi connectivity index (χ0n) is 18.4. The molecular weight excluding hydrogens is 652 g/mol. The second-order valence-electron chi connectivity index (χ2n) is 7.74. The maximum absolute atomic E-state index is 14.3. The number of methoxy groups -OCH3 is 1. The van der Waals surface area contributed by atoms with E-state index in [1.165, 1.54) is 19.2 Å². The van der Waals surface area contributed by atoms with Crippen LogP contribution in [0.2, 0.25) is 0 Å². The van der Waals surface area contributed by atoms with Crippen molar-refractivity contribution in [2.24, 2.45) is 0 Å². The molecule has 0 amide bonds. The van der Waals surface area contributed by atoms with E-state index < -0.39 is 29.2 Å². The first-order valence-electron chi connectivity index (χ1n) is 9.82. The van der Waals surface area contributed by atoms with Gasteiger partial charge in [-0.25, -0.2) is 8.78 Å². The zero-order valence-corrected chi connectivity index (χ0v) is 20.7. The maximum Gasteiger partial charge on any atom is 2.00 e. The predicted octanol–water partition coefficient (Wildman–Crippen LogP) is 4.95. The molecule has 0 aliphatic carbocycles. The molecule has 0 saturated carbocycles. The van der Waals surface area contributed by atoms with E-state index in [0.717, 1.165) is 16.8 Å². The van der Waals surface area contributed by atoms with Crippen LogP contribution >= 0.6 is 0 Å². The van der Waals surface area contributed by atoms with Gasteiger partial charge in [-0.1, -0.05) is 30.0 Å². The standard InChI is InChI=1S/C23H16F5N5O.Pt/c1-22(2,16-5-4-6-20(30-16)33-10-9-17(32-33)23(26,27)28)18-12-13(34-3)11-15(29-18)14-7-8-19(24)31-21(14)25;/h4-6,8-9,11-12H,1-3H3;/q-2;+2. The summed E-state index contributed by atoms with van der Waals surface area (Å²) in [6.07, 6.45) is -2.20. The Morgan fingerprint density at radius 3 is 2.31 bits per heavy atom. The topological polar surface area (TPSA) is 65.7 Å². The summed E-state index contributed by atoms with van der Waals surface area (Å²) in [5.74, 6) is -1.64. The van der Waals surface area contributed by atoms with Crippen molar-refractivity contribution in [1.29, 1.82) is 0 Å². The van der Waals surface area contributed by atoms with E-state index in [-0.39, 0.29) is 38.1 Å². The Morgan fingerprint density at radius 1 is 0.943 bits per heavy atom. The third kappa shape index (κ3) is 5.40. The number of rotatable bonds is 5. The fourth-order valence-electron chi connectivity index (χ4n) is 3.19. The van der Waals surface area contributed by atoms with Crippen molar-refractivity contribution in [3.8, 4) is 22.8 Å². The molecule has 12 heteroatoms. The molecule has 35 heavy (non-hydrogen) atoms. The summed E-state index contributed by atoms with van der Waals surface area (Å²) in [5, 5.41) is 3.50. The van der Waals surface area contributed by atoms with E-state index in [4.69, 9.17) is 4.74 Å². The average Bonchev–Trinajstić information content (AvgIpc) is 3.30. The van der Waals surface area contributed by atoms with E-state index >= 15 is 0 Å². The number of pyridine rings is 3. The fraction of sp³-hybridized carbons (Fsp3) is 0.217. The van der Waals surface area contributed by atoms with Crippen LogP contribution in [0.25, 0.3) is 17.1 Å². The van der Waals surface area contributed by atoms with Gasteiger partial charge >= 0.3 is 27.2 Å². The molecule has 0 bridgehead atoms. The van der Waals surface area contributed by atoms with Crippen LogP contribution in [-0.4, -0.2) is 31.8 Å². The largest absolute Gasteiger partial charge is 2.00 e. The van der Waals surface area contributed by atoms with Crippen molar-refractivity contribution in [2.45, 2.75) is 25.4 Å². The molecule has 4 heterocycles. The van der Waals surface area contributed by atoms with Gasteiger partial charge in [0, 0.05) is 22.9 Å². The van der Waals surface area contributed by atoms with Crippen LogP contribution in [-0.2, 0) is 32.7 Å². The van der Waals surface area contributed by atoms with Gasteiger partial charge in [-0.05, 0) is 31.7 Å². The first-order chi connectivity index (χ1) is 16.0. The molecule has 4 rings (SSSR count). The number of alkyl halides is 3. The smallest absolute Gasteiger partial charge is 0.497 e. The summed E-state index contributed by atoms with van der Waals surface area (Å²) in [4.78, 5) is 12.1. The second kappa shape index (κ2) is 9.81. The fourth-order valence-corrected chi connectivity index (χ4v) is 3.19. The van der Waals surface area contributed by atoms with Crippen LogP contribution in [0.3, 0.4) is 0 Å². The number of hydrogen-bond acceptors (Lipinski definition) is 5. The zero-order chi connectivity index (χ0) is 24.7. The third-order valence-corrected chi connectivity index (χ3v) is 5.09. The van der Waals surface area contributed by atoms with Crippen LogP contribution < -0.4 is 4.74 Å². The Bertz CT molecular complexity index is 1360. The molecule has 0 aromatic carbocycles. The van der Waals surface area contributed by atoms with Crippen LogP contribution in [0.5, 0.6) is 5.75 Å². The molecule has 6 nitrogen and oxygen atoms in total. The van der Waals surface area contributed by atoms with Crippen LogP contribution in [0.15, 0.2) is 42.5 Å². The van der Waals surface area contributed by atoms with E-state index in [9.17, 15) is 22.0 Å². The quantitative estimate of drug-likeness (QED) is 0.171. The summed E-state index contributed by atoms with van der Waals surface area (Å²) < 4.78 is 72.5.